The van der Waals surface area contributed by atoms with Crippen LogP contribution in [0.4, 0.5) is 16.8 Å². The van der Waals surface area contributed by atoms with Crippen molar-refractivity contribution in [1.29, 1.82) is 0 Å². The number of anilines is 3. The fraction of sp³-hybridized carbons (Fsp3) is 0.448. The molecule has 0 radical (unpaired) electrons. The van der Waals surface area contributed by atoms with Crippen LogP contribution in [-0.2, 0) is 21.4 Å². The van der Waals surface area contributed by atoms with Crippen LogP contribution in [0.15, 0.2) is 35.2 Å². The molecule has 0 bridgehead atoms. The Bertz CT molecular complexity index is 1650. The molecule has 3 aliphatic rings. The number of aromatic nitrogens is 2. The summed E-state index contributed by atoms with van der Waals surface area (Å²) in [5.74, 6) is 1.49. The number of carbonyl (C=O) groups excluding carboxylic acids is 2. The zero-order valence-corrected chi connectivity index (χ0v) is 25.2. The molecule has 41 heavy (non-hydrogen) atoms. The molecule has 2 amide bonds. The number of carbonyl (C=O) groups is 2. The maximum absolute atomic E-state index is 13.4. The highest BCUT2D eigenvalue weighted by Gasteiger charge is 2.41. The average Bonchev–Trinajstić information content (AvgIpc) is 3.65. The molecule has 1 aromatic carbocycles. The van der Waals surface area contributed by atoms with Crippen molar-refractivity contribution in [3.8, 4) is 10.4 Å². The minimum atomic E-state index is -3.89. The van der Waals surface area contributed by atoms with E-state index >= 15 is 0 Å². The Morgan fingerprint density at radius 1 is 1.12 bits per heavy atom. The van der Waals surface area contributed by atoms with E-state index in [1.54, 1.807) is 15.9 Å². The first-order valence-corrected chi connectivity index (χ1v) is 16.3. The second kappa shape index (κ2) is 10.5. The normalized spacial score (nSPS) is 20.0. The molecule has 2 N–H and O–H groups in total. The largest absolute Gasteiger partial charge is 0.331 e. The van der Waals surface area contributed by atoms with Crippen LogP contribution < -0.4 is 14.9 Å². The van der Waals surface area contributed by atoms with Gasteiger partial charge in [0.1, 0.15) is 11.6 Å². The van der Waals surface area contributed by atoms with Crippen molar-refractivity contribution >= 4 is 49.9 Å². The van der Waals surface area contributed by atoms with E-state index in [4.69, 9.17) is 9.97 Å². The maximum Gasteiger partial charge on any atom is 0.256 e. The Kier molecular flexibility index (Phi) is 7.11. The first-order valence-electron chi connectivity index (χ1n) is 14.0. The molecule has 1 aliphatic carbocycles. The second-order valence-electron chi connectivity index (χ2n) is 11.2. The molecule has 1 saturated carbocycles. The molecule has 1 saturated heterocycles. The van der Waals surface area contributed by atoms with Gasteiger partial charge in [0.15, 0.2) is 5.13 Å². The second-order valence-corrected chi connectivity index (χ2v) is 14.0. The highest BCUT2D eigenvalue weighted by atomic mass is 32.2. The summed E-state index contributed by atoms with van der Waals surface area (Å²) in [6, 6.07) is 9.19. The molecule has 0 spiro atoms. The number of nitrogens with one attached hydrogen (secondary N) is 2. The van der Waals surface area contributed by atoms with Crippen molar-refractivity contribution in [2.75, 3.05) is 17.3 Å². The fourth-order valence-corrected chi connectivity index (χ4v) is 7.86. The van der Waals surface area contributed by atoms with E-state index in [0.717, 1.165) is 36.3 Å². The lowest BCUT2D eigenvalue weighted by Crippen LogP contribution is -2.42. The smallest absolute Gasteiger partial charge is 0.256 e. The lowest BCUT2D eigenvalue weighted by molar-refractivity contribution is -0.120. The first-order chi connectivity index (χ1) is 19.6. The number of hydrogen-bond donors (Lipinski definition) is 2. The van der Waals surface area contributed by atoms with E-state index in [2.05, 4.69) is 10.0 Å². The van der Waals surface area contributed by atoms with Crippen molar-refractivity contribution in [2.24, 2.45) is 5.92 Å². The maximum atomic E-state index is 13.4. The summed E-state index contributed by atoms with van der Waals surface area (Å²) in [4.78, 5) is 39.8. The number of pyridine rings is 1. The van der Waals surface area contributed by atoms with Crippen LogP contribution in [0, 0.1) is 12.8 Å². The van der Waals surface area contributed by atoms with Crippen molar-refractivity contribution in [2.45, 2.75) is 76.4 Å². The number of thiazole rings is 1. The van der Waals surface area contributed by atoms with Crippen molar-refractivity contribution in [3.05, 3.63) is 47.2 Å². The molecule has 10 nitrogen and oxygen atoms in total. The third kappa shape index (κ3) is 5.13. The Morgan fingerprint density at radius 2 is 1.90 bits per heavy atom. The van der Waals surface area contributed by atoms with E-state index in [1.807, 2.05) is 45.0 Å². The summed E-state index contributed by atoms with van der Waals surface area (Å²) in [5, 5.41) is 3.86. The molecule has 3 aromatic rings. The summed E-state index contributed by atoms with van der Waals surface area (Å²) in [7, 11) is -2.53. The lowest BCUT2D eigenvalue weighted by Gasteiger charge is -2.32. The van der Waals surface area contributed by atoms with Gasteiger partial charge in [0.05, 0.1) is 21.0 Å². The van der Waals surface area contributed by atoms with Crippen molar-refractivity contribution < 1.29 is 18.0 Å². The molecule has 2 atom stereocenters. The van der Waals surface area contributed by atoms with E-state index in [-0.39, 0.29) is 34.4 Å². The molecular formula is C29H34N6O4S2. The third-order valence-electron chi connectivity index (χ3n) is 8.35. The molecule has 12 heteroatoms. The fourth-order valence-electron chi connectivity index (χ4n) is 5.91. The average molecular weight is 595 g/mol. The number of benzene rings is 1. The van der Waals surface area contributed by atoms with Gasteiger partial charge in [-0.25, -0.2) is 23.1 Å². The van der Waals surface area contributed by atoms with Gasteiger partial charge in [-0.15, -0.1) is 0 Å². The number of nitrogens with zero attached hydrogens (tertiary/aromatic N) is 4. The number of aryl methyl sites for hydroxylation is 1. The number of hydrogen-bond acceptors (Lipinski definition) is 8. The lowest BCUT2D eigenvalue weighted by atomic mass is 10.0. The zero-order chi connectivity index (χ0) is 29.1. The van der Waals surface area contributed by atoms with Gasteiger partial charge in [-0.05, 0) is 94.8 Å². The number of fused-ring (bicyclic) bond motifs is 1. The minimum absolute atomic E-state index is 0.00000696. The number of rotatable bonds is 8. The van der Waals surface area contributed by atoms with Crippen LogP contribution in [-0.4, -0.2) is 54.2 Å². The van der Waals surface area contributed by atoms with Crippen LogP contribution >= 0.6 is 11.3 Å². The number of amides is 2. The van der Waals surface area contributed by atoms with E-state index in [9.17, 15) is 18.0 Å². The predicted molar refractivity (Wildman–Crippen MR) is 159 cm³/mol. The van der Waals surface area contributed by atoms with Crippen molar-refractivity contribution in [3.63, 3.8) is 0 Å². The van der Waals surface area contributed by atoms with E-state index < -0.39 is 10.0 Å². The molecule has 2 aromatic heterocycles. The Balaban J connectivity index is 1.33. The monoisotopic (exact) mass is 594 g/mol. The van der Waals surface area contributed by atoms with Gasteiger partial charge in [-0.2, -0.15) is 0 Å². The molecule has 4 heterocycles. The Morgan fingerprint density at radius 3 is 2.61 bits per heavy atom. The molecular weight excluding hydrogens is 560 g/mol. The Labute approximate surface area is 244 Å². The van der Waals surface area contributed by atoms with Crippen LogP contribution in [0.3, 0.4) is 0 Å². The minimum Gasteiger partial charge on any atom is -0.331 e. The molecule has 2 fully saturated rings. The number of sulfonamides is 1. The summed E-state index contributed by atoms with van der Waals surface area (Å²) >= 11 is 1.39. The van der Waals surface area contributed by atoms with E-state index in [1.165, 1.54) is 18.4 Å². The van der Waals surface area contributed by atoms with Gasteiger partial charge < -0.3 is 10.2 Å². The van der Waals surface area contributed by atoms with Gasteiger partial charge in [-0.1, -0.05) is 17.4 Å². The molecule has 0 unspecified atom stereocenters. The third-order valence-corrected chi connectivity index (χ3v) is 10.9. The summed E-state index contributed by atoms with van der Waals surface area (Å²) < 4.78 is 28.6. The summed E-state index contributed by atoms with van der Waals surface area (Å²) in [6.07, 6.45) is 4.54. The van der Waals surface area contributed by atoms with Gasteiger partial charge in [0.2, 0.25) is 15.9 Å². The molecule has 216 valence electrons. The molecule has 6 rings (SSSR count). The summed E-state index contributed by atoms with van der Waals surface area (Å²) in [5.41, 5.74) is 2.40. The highest BCUT2D eigenvalue weighted by molar-refractivity contribution is 7.89. The Hall–Kier alpha value is -3.35. The van der Waals surface area contributed by atoms with Crippen LogP contribution in [0.25, 0.3) is 10.4 Å². The predicted octanol–water partition coefficient (Wildman–Crippen LogP) is 4.82. The topological polar surface area (TPSA) is 125 Å². The highest BCUT2D eigenvalue weighted by Crippen LogP contribution is 2.42. The van der Waals surface area contributed by atoms with E-state index in [0.29, 0.717) is 46.8 Å². The SMILES string of the molecule is CNS(=O)(=O)c1cc(-c2sc(Nc3cccc(N4C(=O)CCC[C@@H]4C)n3)nc2C)cc2c1C(=O)N([C@@H](C)C1CC1)C2. The zero-order valence-electron chi connectivity index (χ0n) is 23.6. The van der Waals surface area contributed by atoms with Gasteiger partial charge in [-0.3, -0.25) is 14.5 Å². The van der Waals surface area contributed by atoms with Crippen LogP contribution in [0.2, 0.25) is 0 Å². The quantitative estimate of drug-likeness (QED) is 0.383. The van der Waals surface area contributed by atoms with Crippen LogP contribution in [0.5, 0.6) is 0 Å². The van der Waals surface area contributed by atoms with Gasteiger partial charge >= 0.3 is 0 Å². The first kappa shape index (κ1) is 27.8. The van der Waals surface area contributed by atoms with Gasteiger partial charge in [0.25, 0.3) is 5.91 Å². The molecule has 2 aliphatic heterocycles. The van der Waals surface area contributed by atoms with Crippen LogP contribution in [0.1, 0.15) is 67.6 Å². The number of piperidine rings is 1. The van der Waals surface area contributed by atoms with Gasteiger partial charge in [0, 0.05) is 25.0 Å². The van der Waals surface area contributed by atoms with Crippen molar-refractivity contribution in [1.82, 2.24) is 19.6 Å². The summed E-state index contributed by atoms with van der Waals surface area (Å²) in [6.45, 7) is 6.35. The standard InChI is InChI=1S/C29H34N6O4S2/c1-16-7-5-10-25(36)35(16)24-9-6-8-23(32-24)33-29-31-17(2)27(40-29)20-13-21-15-34(18(3)19-11-12-19)28(37)26(21)22(14-20)41(38,39)30-4/h6,8-9,13-14,16,18-19,30H,5,7,10-12,15H2,1-4H3,(H,31,32,33)/t16-,18-/m0/s1.